The van der Waals surface area contributed by atoms with Gasteiger partial charge in [0.2, 0.25) is 0 Å². The van der Waals surface area contributed by atoms with Crippen LogP contribution in [0.15, 0.2) is 22.7 Å². The molecular weight excluding hydrogens is 265 g/mol. The van der Waals surface area contributed by atoms with Crippen molar-refractivity contribution in [2.24, 2.45) is 0 Å². The summed E-state index contributed by atoms with van der Waals surface area (Å²) >= 11 is 3.12. The maximum atomic E-state index is 13.4. The van der Waals surface area contributed by atoms with Crippen molar-refractivity contribution in [2.75, 3.05) is 13.2 Å². The summed E-state index contributed by atoms with van der Waals surface area (Å²) in [6, 6.07) is 6.20. The number of hydrogen-bond acceptors (Lipinski definition) is 3. The fourth-order valence-corrected chi connectivity index (χ4v) is 1.41. The largest absolute Gasteiger partial charge is 0.394 e. The minimum atomic E-state index is -0.981. The third-order valence-electron chi connectivity index (χ3n) is 1.74. The average molecular weight is 274 g/mol. The van der Waals surface area contributed by atoms with Crippen LogP contribution in [0.2, 0.25) is 0 Å². The van der Waals surface area contributed by atoms with E-state index in [0.29, 0.717) is 4.47 Å². The molecule has 1 atom stereocenters. The van der Waals surface area contributed by atoms with Crippen molar-refractivity contribution >= 4 is 15.9 Å². The first kappa shape index (κ1) is 12.1. The first-order valence-corrected chi connectivity index (χ1v) is 5.05. The predicted octanol–water partition coefficient (Wildman–Crippen LogP) is 2.16. The van der Waals surface area contributed by atoms with E-state index in [0.717, 1.165) is 0 Å². The molecule has 0 aliphatic rings. The zero-order valence-electron chi connectivity index (χ0n) is 7.78. The number of rotatable bonds is 4. The monoisotopic (exact) mass is 273 g/mol. The highest BCUT2D eigenvalue weighted by atomic mass is 79.9. The second-order valence-electron chi connectivity index (χ2n) is 2.77. The molecule has 1 aromatic rings. The molecule has 0 saturated heterocycles. The Balaban J connectivity index is 2.88. The maximum Gasteiger partial charge on any atom is 0.171 e. The number of hydrogen-bond donors (Lipinski definition) is 1. The molecular formula is C10H9BrFNO2. The van der Waals surface area contributed by atoms with Gasteiger partial charge >= 0.3 is 0 Å². The summed E-state index contributed by atoms with van der Waals surface area (Å²) in [5.41, 5.74) is 0.175. The highest BCUT2D eigenvalue weighted by Gasteiger charge is 2.15. The molecule has 3 nitrogen and oxygen atoms in total. The summed E-state index contributed by atoms with van der Waals surface area (Å²) in [5.74, 6) is -0.506. The van der Waals surface area contributed by atoms with Gasteiger partial charge in [-0.2, -0.15) is 5.26 Å². The molecule has 0 aromatic heterocycles. The van der Waals surface area contributed by atoms with Gasteiger partial charge in [-0.05, 0) is 12.1 Å². The second-order valence-corrected chi connectivity index (χ2v) is 3.69. The Hall–Kier alpha value is -0.960. The number of aliphatic hydroxyl groups is 1. The lowest BCUT2D eigenvalue weighted by molar-refractivity contribution is 0.0563. The molecule has 0 radical (unpaired) electrons. The minimum absolute atomic E-state index is 0.00767. The van der Waals surface area contributed by atoms with Gasteiger partial charge in [0.15, 0.2) is 6.10 Å². The van der Waals surface area contributed by atoms with E-state index in [-0.39, 0.29) is 18.8 Å². The van der Waals surface area contributed by atoms with E-state index in [2.05, 4.69) is 15.9 Å². The first-order chi connectivity index (χ1) is 7.19. The molecule has 0 heterocycles. The van der Waals surface area contributed by atoms with Gasteiger partial charge in [0.25, 0.3) is 0 Å². The van der Waals surface area contributed by atoms with E-state index >= 15 is 0 Å². The van der Waals surface area contributed by atoms with Gasteiger partial charge in [-0.25, -0.2) is 4.39 Å². The van der Waals surface area contributed by atoms with Crippen molar-refractivity contribution in [1.29, 1.82) is 5.26 Å². The number of halogens is 2. The molecule has 0 bridgehead atoms. The Morgan fingerprint density at radius 3 is 2.87 bits per heavy atom. The molecule has 1 N–H and O–H groups in total. The maximum absolute atomic E-state index is 13.4. The Bertz CT molecular complexity index is 378. The van der Waals surface area contributed by atoms with Crippen LogP contribution in [0.5, 0.6) is 0 Å². The molecule has 1 unspecified atom stereocenters. The van der Waals surface area contributed by atoms with Gasteiger partial charge in [0.1, 0.15) is 5.82 Å². The quantitative estimate of drug-likeness (QED) is 0.915. The highest BCUT2D eigenvalue weighted by molar-refractivity contribution is 9.10. The summed E-state index contributed by atoms with van der Waals surface area (Å²) in [5, 5.41) is 17.3. The summed E-state index contributed by atoms with van der Waals surface area (Å²) in [6.07, 6.45) is -0.981. The molecule has 0 saturated carbocycles. The van der Waals surface area contributed by atoms with Crippen molar-refractivity contribution in [1.82, 2.24) is 0 Å². The van der Waals surface area contributed by atoms with Crippen molar-refractivity contribution < 1.29 is 14.2 Å². The fraction of sp³-hybridized carbons (Fsp3) is 0.300. The smallest absolute Gasteiger partial charge is 0.171 e. The van der Waals surface area contributed by atoms with Gasteiger partial charge < -0.3 is 9.84 Å². The number of nitrogens with zero attached hydrogens (tertiary/aromatic N) is 1. The molecule has 15 heavy (non-hydrogen) atoms. The van der Waals surface area contributed by atoms with E-state index in [9.17, 15) is 4.39 Å². The highest BCUT2D eigenvalue weighted by Crippen LogP contribution is 2.23. The van der Waals surface area contributed by atoms with Crippen LogP contribution in [0.1, 0.15) is 11.7 Å². The lowest BCUT2D eigenvalue weighted by Gasteiger charge is -2.10. The van der Waals surface area contributed by atoms with Crippen LogP contribution in [0.4, 0.5) is 4.39 Å². The standard InChI is InChI=1S/C10H9BrFNO2/c11-7-1-2-8(9(12)5-7)10(6-13)15-4-3-14/h1-2,5,10,14H,3-4H2. The van der Waals surface area contributed by atoms with Gasteiger partial charge in [0.05, 0.1) is 19.3 Å². The van der Waals surface area contributed by atoms with Crippen LogP contribution in [0.3, 0.4) is 0 Å². The van der Waals surface area contributed by atoms with Crippen LogP contribution in [0, 0.1) is 17.1 Å². The van der Waals surface area contributed by atoms with E-state index in [1.54, 1.807) is 6.07 Å². The molecule has 1 aromatic carbocycles. The molecule has 1 rings (SSSR count). The van der Waals surface area contributed by atoms with Gasteiger partial charge in [-0.1, -0.05) is 22.0 Å². The average Bonchev–Trinajstić information content (AvgIpc) is 2.21. The number of benzene rings is 1. The molecule has 0 fully saturated rings. The second kappa shape index (κ2) is 5.81. The number of ether oxygens (including phenoxy) is 1. The van der Waals surface area contributed by atoms with Crippen molar-refractivity contribution in [2.45, 2.75) is 6.10 Å². The van der Waals surface area contributed by atoms with Crippen LogP contribution in [-0.4, -0.2) is 18.3 Å². The zero-order chi connectivity index (χ0) is 11.3. The van der Waals surface area contributed by atoms with Gasteiger partial charge in [0, 0.05) is 10.0 Å². The third-order valence-corrected chi connectivity index (χ3v) is 2.23. The van der Waals surface area contributed by atoms with E-state index in [1.807, 2.05) is 6.07 Å². The molecule has 0 spiro atoms. The molecule has 5 heteroatoms. The normalized spacial score (nSPS) is 12.1. The number of nitriles is 1. The first-order valence-electron chi connectivity index (χ1n) is 4.26. The molecule has 0 amide bonds. The summed E-state index contributed by atoms with van der Waals surface area (Å²) in [4.78, 5) is 0. The van der Waals surface area contributed by atoms with Crippen LogP contribution < -0.4 is 0 Å². The lowest BCUT2D eigenvalue weighted by Crippen LogP contribution is -2.07. The van der Waals surface area contributed by atoms with Crippen LogP contribution >= 0.6 is 15.9 Å². The van der Waals surface area contributed by atoms with Crippen molar-refractivity contribution in [3.05, 3.63) is 34.1 Å². The topological polar surface area (TPSA) is 53.2 Å². The summed E-state index contributed by atoms with van der Waals surface area (Å²) < 4.78 is 19.0. The van der Waals surface area contributed by atoms with Gasteiger partial charge in [-0.15, -0.1) is 0 Å². The van der Waals surface area contributed by atoms with Crippen LogP contribution in [-0.2, 0) is 4.74 Å². The predicted molar refractivity (Wildman–Crippen MR) is 55.5 cm³/mol. The molecule has 80 valence electrons. The minimum Gasteiger partial charge on any atom is -0.394 e. The molecule has 0 aliphatic heterocycles. The Morgan fingerprint density at radius 1 is 1.60 bits per heavy atom. The lowest BCUT2D eigenvalue weighted by atomic mass is 10.1. The van der Waals surface area contributed by atoms with E-state index in [4.69, 9.17) is 15.1 Å². The molecule has 0 aliphatic carbocycles. The SMILES string of the molecule is N#CC(OCCO)c1ccc(Br)cc1F. The van der Waals surface area contributed by atoms with Crippen LogP contribution in [0.25, 0.3) is 0 Å². The van der Waals surface area contributed by atoms with E-state index in [1.165, 1.54) is 12.1 Å². The number of aliphatic hydroxyl groups excluding tert-OH is 1. The fourth-order valence-electron chi connectivity index (χ4n) is 1.08. The summed E-state index contributed by atoms with van der Waals surface area (Å²) in [6.45, 7) is -0.190. The Labute approximate surface area is 95.2 Å². The third kappa shape index (κ3) is 3.27. The zero-order valence-corrected chi connectivity index (χ0v) is 9.37. The van der Waals surface area contributed by atoms with E-state index < -0.39 is 11.9 Å². The van der Waals surface area contributed by atoms with Crippen molar-refractivity contribution in [3.63, 3.8) is 0 Å². The van der Waals surface area contributed by atoms with Crippen molar-refractivity contribution in [3.8, 4) is 6.07 Å². The Kier molecular flexibility index (Phi) is 4.69. The summed E-state index contributed by atoms with van der Waals surface area (Å²) in [7, 11) is 0. The Morgan fingerprint density at radius 2 is 2.33 bits per heavy atom. The van der Waals surface area contributed by atoms with Gasteiger partial charge in [-0.3, -0.25) is 0 Å².